The van der Waals surface area contributed by atoms with Crippen molar-refractivity contribution in [2.75, 3.05) is 6.54 Å². The summed E-state index contributed by atoms with van der Waals surface area (Å²) >= 11 is 5.67. The van der Waals surface area contributed by atoms with E-state index in [1.54, 1.807) is 6.92 Å². The first kappa shape index (κ1) is 21.7. The lowest BCUT2D eigenvalue weighted by Gasteiger charge is -2.07. The molecule has 0 aromatic carbocycles. The van der Waals surface area contributed by atoms with Gasteiger partial charge in [-0.2, -0.15) is 23.0 Å². The summed E-state index contributed by atoms with van der Waals surface area (Å²) in [6, 6.07) is 1.31. The number of hydrogen-bond acceptors (Lipinski definition) is 5. The van der Waals surface area contributed by atoms with Crippen molar-refractivity contribution in [1.82, 2.24) is 24.9 Å². The molecule has 2 aromatic rings. The van der Waals surface area contributed by atoms with E-state index in [0.717, 1.165) is 4.68 Å². The summed E-state index contributed by atoms with van der Waals surface area (Å²) in [5, 5.41) is 20.1. The SMILES string of the molecule is Cc1cc([N+](=O)[O-])nn1CCC(=O)NCCCn1nc(C(F)(F)F)c(Cl)c1C. The normalized spacial score (nSPS) is 11.6. The van der Waals surface area contributed by atoms with Gasteiger partial charge in [-0.15, -0.1) is 0 Å². The van der Waals surface area contributed by atoms with Crippen molar-refractivity contribution < 1.29 is 22.9 Å². The van der Waals surface area contributed by atoms with Crippen molar-refractivity contribution in [3.63, 3.8) is 0 Å². The lowest BCUT2D eigenvalue weighted by molar-refractivity contribution is -0.389. The van der Waals surface area contributed by atoms with Crippen LogP contribution in [0.25, 0.3) is 0 Å². The highest BCUT2D eigenvalue weighted by Gasteiger charge is 2.38. The molecule has 0 saturated heterocycles. The summed E-state index contributed by atoms with van der Waals surface area (Å²) in [6.45, 7) is 3.65. The van der Waals surface area contributed by atoms with Gasteiger partial charge in [-0.1, -0.05) is 11.6 Å². The maximum absolute atomic E-state index is 12.8. The summed E-state index contributed by atoms with van der Waals surface area (Å²) in [4.78, 5) is 21.9. The molecule has 0 bridgehead atoms. The molecule has 2 rings (SSSR count). The number of carbonyl (C=O) groups excluding carboxylic acids is 1. The summed E-state index contributed by atoms with van der Waals surface area (Å²) in [6.07, 6.45) is -4.21. The Morgan fingerprint density at radius 1 is 1.29 bits per heavy atom. The first-order valence-corrected chi connectivity index (χ1v) is 8.64. The van der Waals surface area contributed by atoms with E-state index < -0.39 is 21.8 Å². The predicted octanol–water partition coefficient (Wildman–Crippen LogP) is 2.87. The number of nitrogens with one attached hydrogen (secondary N) is 1. The number of rotatable bonds is 8. The minimum atomic E-state index is -4.62. The van der Waals surface area contributed by atoms with Crippen molar-refractivity contribution in [1.29, 1.82) is 0 Å². The highest BCUT2D eigenvalue weighted by molar-refractivity contribution is 6.31. The molecule has 0 spiro atoms. The second-order valence-electron chi connectivity index (χ2n) is 6.05. The number of amides is 1. The van der Waals surface area contributed by atoms with Crippen LogP contribution >= 0.6 is 11.6 Å². The summed E-state index contributed by atoms with van der Waals surface area (Å²) < 4.78 is 40.8. The van der Waals surface area contributed by atoms with Crippen molar-refractivity contribution in [2.45, 2.75) is 46.0 Å². The lowest BCUT2D eigenvalue weighted by atomic mass is 10.3. The fourth-order valence-electron chi connectivity index (χ4n) is 2.48. The fourth-order valence-corrected chi connectivity index (χ4v) is 2.73. The standard InChI is InChI=1S/C15H18ClF3N6O3/c1-9-8-11(25(27)28)21-23(9)7-4-12(26)20-5-3-6-24-10(2)13(16)14(22-24)15(17,18)19/h8H,3-7H2,1-2H3,(H,20,26). The molecule has 1 amide bonds. The Labute approximate surface area is 162 Å². The predicted molar refractivity (Wildman–Crippen MR) is 92.8 cm³/mol. The Morgan fingerprint density at radius 3 is 2.50 bits per heavy atom. The number of aromatic nitrogens is 4. The van der Waals surface area contributed by atoms with E-state index in [2.05, 4.69) is 15.5 Å². The zero-order valence-electron chi connectivity index (χ0n) is 15.1. The van der Waals surface area contributed by atoms with Crippen LogP contribution in [-0.2, 0) is 24.1 Å². The average molecular weight is 423 g/mol. The third-order valence-corrected chi connectivity index (χ3v) is 4.43. The Hall–Kier alpha value is -2.63. The van der Waals surface area contributed by atoms with Gasteiger partial charge in [0.05, 0.1) is 34.1 Å². The van der Waals surface area contributed by atoms with Gasteiger partial charge in [0.25, 0.3) is 0 Å². The maximum Gasteiger partial charge on any atom is 0.436 e. The van der Waals surface area contributed by atoms with Crippen molar-refractivity contribution in [3.8, 4) is 0 Å². The van der Waals surface area contributed by atoms with E-state index in [4.69, 9.17) is 11.6 Å². The van der Waals surface area contributed by atoms with Crippen LogP contribution in [-0.4, -0.2) is 36.9 Å². The molecule has 154 valence electrons. The monoisotopic (exact) mass is 422 g/mol. The summed E-state index contributed by atoms with van der Waals surface area (Å²) in [5.41, 5.74) is -0.360. The number of nitrogens with zero attached hydrogens (tertiary/aromatic N) is 5. The number of alkyl halides is 3. The quantitative estimate of drug-likeness (QED) is 0.400. The molecule has 1 N–H and O–H groups in total. The molecular weight excluding hydrogens is 405 g/mol. The molecule has 0 radical (unpaired) electrons. The van der Waals surface area contributed by atoms with Crippen LogP contribution in [0.4, 0.5) is 19.0 Å². The minimum Gasteiger partial charge on any atom is -0.358 e. The summed E-state index contributed by atoms with van der Waals surface area (Å²) in [7, 11) is 0. The van der Waals surface area contributed by atoms with Crippen LogP contribution in [0.5, 0.6) is 0 Å². The Morgan fingerprint density at radius 2 is 1.96 bits per heavy atom. The van der Waals surface area contributed by atoms with Crippen LogP contribution < -0.4 is 5.32 Å². The molecule has 0 aliphatic carbocycles. The first-order chi connectivity index (χ1) is 13.0. The molecular formula is C15H18ClF3N6O3. The van der Waals surface area contributed by atoms with Crippen LogP contribution in [0.1, 0.15) is 29.9 Å². The summed E-state index contributed by atoms with van der Waals surface area (Å²) in [5.74, 6) is -0.590. The zero-order chi connectivity index (χ0) is 21.1. The smallest absolute Gasteiger partial charge is 0.358 e. The van der Waals surface area contributed by atoms with E-state index in [9.17, 15) is 28.1 Å². The van der Waals surface area contributed by atoms with E-state index in [1.165, 1.54) is 17.7 Å². The van der Waals surface area contributed by atoms with Crippen molar-refractivity contribution in [2.24, 2.45) is 0 Å². The van der Waals surface area contributed by atoms with Gasteiger partial charge in [-0.3, -0.25) is 9.48 Å². The van der Waals surface area contributed by atoms with Crippen molar-refractivity contribution in [3.05, 3.63) is 38.3 Å². The highest BCUT2D eigenvalue weighted by atomic mass is 35.5. The number of hydrogen-bond donors (Lipinski definition) is 1. The molecule has 2 aromatic heterocycles. The largest absolute Gasteiger partial charge is 0.436 e. The van der Waals surface area contributed by atoms with E-state index in [0.29, 0.717) is 12.1 Å². The van der Waals surface area contributed by atoms with Gasteiger partial charge in [0.2, 0.25) is 5.91 Å². The van der Waals surface area contributed by atoms with Gasteiger partial charge in [-0.05, 0) is 25.2 Å². The zero-order valence-corrected chi connectivity index (χ0v) is 15.8. The molecule has 0 unspecified atom stereocenters. The van der Waals surface area contributed by atoms with Crippen molar-refractivity contribution >= 4 is 23.3 Å². The van der Waals surface area contributed by atoms with Gasteiger partial charge < -0.3 is 15.4 Å². The van der Waals surface area contributed by atoms with E-state index in [-0.39, 0.29) is 43.5 Å². The first-order valence-electron chi connectivity index (χ1n) is 8.26. The lowest BCUT2D eigenvalue weighted by Crippen LogP contribution is -2.26. The number of halogens is 4. The molecule has 0 atom stereocenters. The molecule has 0 saturated carbocycles. The van der Waals surface area contributed by atoms with Crippen LogP contribution in [0.15, 0.2) is 6.07 Å². The van der Waals surface area contributed by atoms with Gasteiger partial charge in [0.1, 0.15) is 0 Å². The second kappa shape index (κ2) is 8.59. The molecule has 0 fully saturated rings. The molecule has 0 aliphatic rings. The van der Waals surface area contributed by atoms with Gasteiger partial charge in [0, 0.05) is 19.5 Å². The van der Waals surface area contributed by atoms with E-state index >= 15 is 0 Å². The Bertz CT molecular complexity index is 877. The maximum atomic E-state index is 12.8. The Balaban J connectivity index is 1.78. The Kier molecular flexibility index (Phi) is 6.65. The van der Waals surface area contributed by atoms with Crippen LogP contribution in [0.3, 0.4) is 0 Å². The van der Waals surface area contributed by atoms with Crippen LogP contribution in [0, 0.1) is 24.0 Å². The van der Waals surface area contributed by atoms with Gasteiger partial charge >= 0.3 is 12.0 Å². The third kappa shape index (κ3) is 5.21. The molecule has 2 heterocycles. The van der Waals surface area contributed by atoms with Crippen LogP contribution in [0.2, 0.25) is 5.02 Å². The molecule has 28 heavy (non-hydrogen) atoms. The molecule has 13 heteroatoms. The van der Waals surface area contributed by atoms with E-state index in [1.807, 2.05) is 0 Å². The van der Waals surface area contributed by atoms with Gasteiger partial charge in [0.15, 0.2) is 5.69 Å². The fraction of sp³-hybridized carbons (Fsp3) is 0.533. The third-order valence-electron chi connectivity index (χ3n) is 3.98. The number of nitro groups is 1. The second-order valence-corrected chi connectivity index (χ2v) is 6.42. The molecule has 9 nitrogen and oxygen atoms in total. The molecule has 0 aliphatic heterocycles. The number of aryl methyl sites for hydroxylation is 3. The topological polar surface area (TPSA) is 108 Å². The number of carbonyl (C=O) groups is 1. The highest BCUT2D eigenvalue weighted by Crippen LogP contribution is 2.35. The minimum absolute atomic E-state index is 0.0600. The average Bonchev–Trinajstić information content (AvgIpc) is 3.11. The van der Waals surface area contributed by atoms with Gasteiger partial charge in [-0.25, -0.2) is 0 Å².